The number of aromatic nitrogens is 5. The van der Waals surface area contributed by atoms with Crippen LogP contribution in [0.1, 0.15) is 34.1 Å². The predicted molar refractivity (Wildman–Crippen MR) is 149 cm³/mol. The van der Waals surface area contributed by atoms with Crippen LogP contribution < -0.4 is 10.5 Å². The van der Waals surface area contributed by atoms with E-state index in [2.05, 4.69) is 25.4 Å². The first-order valence-electron chi connectivity index (χ1n) is 13.3. The summed E-state index contributed by atoms with van der Waals surface area (Å²) in [6.45, 7) is 6.57. The highest BCUT2D eigenvalue weighted by Crippen LogP contribution is 2.31. The van der Waals surface area contributed by atoms with Crippen molar-refractivity contribution in [2.75, 3.05) is 31.1 Å². The van der Waals surface area contributed by atoms with Crippen LogP contribution in [0.4, 0.5) is 14.5 Å². The zero-order valence-corrected chi connectivity index (χ0v) is 22.3. The quantitative estimate of drug-likeness (QED) is 0.344. The molecule has 1 N–H and O–H groups in total. The van der Waals surface area contributed by atoms with Crippen LogP contribution in [0.25, 0.3) is 10.9 Å². The molecular weight excluding hydrogens is 512 g/mol. The highest BCUT2D eigenvalue weighted by Gasteiger charge is 2.33. The minimum atomic E-state index is -0.550. The first-order chi connectivity index (χ1) is 19.4. The molecule has 1 aliphatic rings. The van der Waals surface area contributed by atoms with Gasteiger partial charge in [0.25, 0.3) is 5.56 Å². The fraction of sp³-hybridized carbons (Fsp3) is 0.267. The molecule has 2 aromatic heterocycles. The maximum Gasteiger partial charge on any atom is 0.253 e. The summed E-state index contributed by atoms with van der Waals surface area (Å²) < 4.78 is 29.7. The summed E-state index contributed by atoms with van der Waals surface area (Å²) in [5, 5.41) is 13.6. The number of pyridine rings is 1. The number of hydrogen-bond donors (Lipinski definition) is 1. The second kappa shape index (κ2) is 10.6. The van der Waals surface area contributed by atoms with Gasteiger partial charge in [-0.05, 0) is 71.3 Å². The van der Waals surface area contributed by atoms with Gasteiger partial charge in [0.15, 0.2) is 5.82 Å². The van der Waals surface area contributed by atoms with Gasteiger partial charge in [0.1, 0.15) is 17.7 Å². The third kappa shape index (κ3) is 4.86. The van der Waals surface area contributed by atoms with Gasteiger partial charge in [0, 0.05) is 37.1 Å². The van der Waals surface area contributed by atoms with Crippen molar-refractivity contribution in [3.8, 4) is 0 Å². The molecule has 5 aromatic rings. The van der Waals surface area contributed by atoms with E-state index in [-0.39, 0.29) is 17.2 Å². The Labute approximate surface area is 229 Å². The molecule has 1 aliphatic heterocycles. The van der Waals surface area contributed by atoms with Crippen molar-refractivity contribution in [1.82, 2.24) is 30.1 Å². The number of nitrogens with zero attached hydrogens (tertiary/aromatic N) is 6. The number of para-hydroxylation sites is 1. The van der Waals surface area contributed by atoms with E-state index >= 15 is 0 Å². The van der Waals surface area contributed by atoms with Crippen LogP contribution in [0.5, 0.6) is 0 Å². The summed E-state index contributed by atoms with van der Waals surface area (Å²) in [6.07, 6.45) is 0. The lowest BCUT2D eigenvalue weighted by Crippen LogP contribution is -2.49. The lowest BCUT2D eigenvalue weighted by atomic mass is 9.99. The molecule has 0 amide bonds. The van der Waals surface area contributed by atoms with Gasteiger partial charge in [-0.15, -0.1) is 5.10 Å². The molecule has 0 saturated carbocycles. The standard InChI is InChI=1S/C30H29F2N7O/c1-19-7-8-20(2)27-23(19)17-24(30(40)33-27)28(29-34-35-36-39(29)18-21-9-11-22(31)12-10-21)38-15-13-37(14-16-38)26-6-4-3-5-25(26)32/h3-12,17,28H,13-16,18H2,1-2H3,(H,33,40)/t28-/m0/s1. The highest BCUT2D eigenvalue weighted by atomic mass is 19.1. The van der Waals surface area contributed by atoms with Gasteiger partial charge in [-0.1, -0.05) is 36.4 Å². The molecular formula is C30H29F2N7O. The molecule has 1 fully saturated rings. The Morgan fingerprint density at radius 2 is 1.65 bits per heavy atom. The third-order valence-electron chi connectivity index (χ3n) is 7.69. The molecule has 6 rings (SSSR count). The SMILES string of the molecule is Cc1ccc(C)c2[nH]c(=O)c([C@@H](c3nnnn3Cc3ccc(F)cc3)N3CCN(c4ccccc4F)CC3)cc12. The van der Waals surface area contributed by atoms with Gasteiger partial charge in [0.05, 0.1) is 17.7 Å². The number of aromatic amines is 1. The van der Waals surface area contributed by atoms with Crippen molar-refractivity contribution >= 4 is 16.6 Å². The number of hydrogen-bond acceptors (Lipinski definition) is 6. The van der Waals surface area contributed by atoms with E-state index in [9.17, 15) is 13.6 Å². The van der Waals surface area contributed by atoms with Crippen molar-refractivity contribution in [3.63, 3.8) is 0 Å². The van der Waals surface area contributed by atoms with Gasteiger partial charge in [-0.2, -0.15) is 0 Å². The molecule has 0 aliphatic carbocycles. The molecule has 0 spiro atoms. The second-order valence-electron chi connectivity index (χ2n) is 10.2. The van der Waals surface area contributed by atoms with Crippen LogP contribution >= 0.6 is 0 Å². The number of halogens is 2. The summed E-state index contributed by atoms with van der Waals surface area (Å²) in [5.41, 5.74) is 4.57. The monoisotopic (exact) mass is 541 g/mol. The van der Waals surface area contributed by atoms with E-state index in [1.165, 1.54) is 18.2 Å². The van der Waals surface area contributed by atoms with Gasteiger partial charge < -0.3 is 9.88 Å². The Balaban J connectivity index is 1.41. The molecule has 0 bridgehead atoms. The van der Waals surface area contributed by atoms with E-state index in [0.29, 0.717) is 49.8 Å². The Morgan fingerprint density at radius 3 is 2.40 bits per heavy atom. The Hall–Kier alpha value is -4.44. The van der Waals surface area contributed by atoms with E-state index in [1.54, 1.807) is 28.9 Å². The number of H-pyrrole nitrogens is 1. The molecule has 8 nitrogen and oxygen atoms in total. The molecule has 1 atom stereocenters. The van der Waals surface area contributed by atoms with Crippen molar-refractivity contribution in [3.05, 3.63) is 117 Å². The van der Waals surface area contributed by atoms with Crippen LogP contribution in [0, 0.1) is 25.5 Å². The van der Waals surface area contributed by atoms with E-state index in [4.69, 9.17) is 0 Å². The van der Waals surface area contributed by atoms with Crippen LogP contribution in [0.2, 0.25) is 0 Å². The molecule has 204 valence electrons. The second-order valence-corrected chi connectivity index (χ2v) is 10.2. The number of rotatable bonds is 6. The van der Waals surface area contributed by atoms with Crippen molar-refractivity contribution < 1.29 is 8.78 Å². The molecule has 1 saturated heterocycles. The summed E-state index contributed by atoms with van der Waals surface area (Å²) in [7, 11) is 0. The smallest absolute Gasteiger partial charge is 0.253 e. The predicted octanol–water partition coefficient (Wildman–Crippen LogP) is 4.37. The van der Waals surface area contributed by atoms with Gasteiger partial charge in [-0.25, -0.2) is 13.5 Å². The van der Waals surface area contributed by atoms with E-state index in [0.717, 1.165) is 27.6 Å². The van der Waals surface area contributed by atoms with Crippen LogP contribution in [0.3, 0.4) is 0 Å². The molecule has 0 radical (unpaired) electrons. The van der Waals surface area contributed by atoms with Crippen LogP contribution in [0.15, 0.2) is 71.5 Å². The van der Waals surface area contributed by atoms with Crippen molar-refractivity contribution in [2.45, 2.75) is 26.4 Å². The number of fused-ring (bicyclic) bond motifs is 1. The number of nitrogens with one attached hydrogen (secondary N) is 1. The fourth-order valence-electron chi connectivity index (χ4n) is 5.51. The molecule has 0 unspecified atom stereocenters. The Kier molecular flexibility index (Phi) is 6.85. The minimum Gasteiger partial charge on any atom is -0.367 e. The van der Waals surface area contributed by atoms with Crippen molar-refractivity contribution in [1.29, 1.82) is 0 Å². The molecule has 3 heterocycles. The number of benzene rings is 3. The topological polar surface area (TPSA) is 82.9 Å². The Morgan fingerprint density at radius 1 is 0.925 bits per heavy atom. The normalized spacial score (nSPS) is 15.1. The number of tetrazole rings is 1. The minimum absolute atomic E-state index is 0.209. The van der Waals surface area contributed by atoms with Crippen LogP contribution in [-0.4, -0.2) is 56.3 Å². The average Bonchev–Trinajstić information content (AvgIpc) is 3.41. The summed E-state index contributed by atoms with van der Waals surface area (Å²) in [5.74, 6) is -0.0639. The third-order valence-corrected chi connectivity index (χ3v) is 7.69. The summed E-state index contributed by atoms with van der Waals surface area (Å²) in [4.78, 5) is 20.9. The summed E-state index contributed by atoms with van der Waals surface area (Å²) >= 11 is 0. The maximum atomic E-state index is 14.5. The first kappa shape index (κ1) is 25.8. The Bertz CT molecular complexity index is 1720. The molecule has 40 heavy (non-hydrogen) atoms. The van der Waals surface area contributed by atoms with Gasteiger partial charge in [-0.3, -0.25) is 9.69 Å². The van der Waals surface area contributed by atoms with E-state index < -0.39 is 6.04 Å². The summed E-state index contributed by atoms with van der Waals surface area (Å²) in [6, 6.07) is 18.4. The van der Waals surface area contributed by atoms with Crippen LogP contribution in [-0.2, 0) is 6.54 Å². The lowest BCUT2D eigenvalue weighted by Gasteiger charge is -2.39. The molecule has 3 aromatic carbocycles. The highest BCUT2D eigenvalue weighted by molar-refractivity contribution is 5.85. The fourth-order valence-corrected chi connectivity index (χ4v) is 5.51. The number of piperazine rings is 1. The van der Waals surface area contributed by atoms with Gasteiger partial charge in [0.2, 0.25) is 0 Å². The number of anilines is 1. The largest absolute Gasteiger partial charge is 0.367 e. The van der Waals surface area contributed by atoms with Crippen molar-refractivity contribution in [2.24, 2.45) is 0 Å². The lowest BCUT2D eigenvalue weighted by molar-refractivity contribution is 0.200. The first-order valence-corrected chi connectivity index (χ1v) is 13.3. The van der Waals surface area contributed by atoms with E-state index in [1.807, 2.05) is 43.0 Å². The molecule has 10 heteroatoms. The maximum absolute atomic E-state index is 14.5. The van der Waals surface area contributed by atoms with Gasteiger partial charge >= 0.3 is 0 Å². The average molecular weight is 542 g/mol. The zero-order chi connectivity index (χ0) is 27.8. The zero-order valence-electron chi connectivity index (χ0n) is 22.3. The number of aryl methyl sites for hydroxylation is 2.